The molecule has 3 rings (SSSR count). The van der Waals surface area contributed by atoms with Crippen LogP contribution in [0.3, 0.4) is 0 Å². The first kappa shape index (κ1) is 9.46. The number of aromatic amines is 1. The number of nitrogens with one attached hydrogen (secondary N) is 1. The molecule has 0 spiro atoms. The molecule has 2 aromatic rings. The molecular formula is C13H13NO2. The van der Waals surface area contributed by atoms with E-state index >= 15 is 0 Å². The van der Waals surface area contributed by atoms with Gasteiger partial charge < -0.3 is 10.1 Å². The number of hydrogen-bond acceptors (Lipinski definition) is 1. The maximum atomic E-state index is 11.2. The van der Waals surface area contributed by atoms with Crippen molar-refractivity contribution in [2.24, 2.45) is 0 Å². The minimum Gasteiger partial charge on any atom is -0.478 e. The van der Waals surface area contributed by atoms with Gasteiger partial charge >= 0.3 is 5.97 Å². The Morgan fingerprint density at radius 2 is 2.00 bits per heavy atom. The van der Waals surface area contributed by atoms with Crippen molar-refractivity contribution in [2.45, 2.75) is 26.2 Å². The van der Waals surface area contributed by atoms with Gasteiger partial charge in [0.2, 0.25) is 0 Å². The van der Waals surface area contributed by atoms with Crippen molar-refractivity contribution in [2.75, 3.05) is 0 Å². The van der Waals surface area contributed by atoms with Gasteiger partial charge in [0, 0.05) is 16.6 Å². The van der Waals surface area contributed by atoms with E-state index < -0.39 is 5.97 Å². The number of aryl methyl sites for hydroxylation is 3. The zero-order valence-corrected chi connectivity index (χ0v) is 9.13. The lowest BCUT2D eigenvalue weighted by Gasteiger charge is -1.99. The van der Waals surface area contributed by atoms with Gasteiger partial charge in [-0.3, -0.25) is 0 Å². The van der Waals surface area contributed by atoms with E-state index in [1.165, 1.54) is 17.5 Å². The Kier molecular flexibility index (Phi) is 1.84. The highest BCUT2D eigenvalue weighted by atomic mass is 16.4. The molecule has 1 aliphatic rings. The van der Waals surface area contributed by atoms with Crippen molar-refractivity contribution in [3.05, 3.63) is 34.5 Å². The lowest BCUT2D eigenvalue weighted by Crippen LogP contribution is -1.97. The van der Waals surface area contributed by atoms with Gasteiger partial charge in [0.1, 0.15) is 0 Å². The van der Waals surface area contributed by atoms with Crippen LogP contribution in [0.25, 0.3) is 10.9 Å². The van der Waals surface area contributed by atoms with Crippen LogP contribution in [-0.4, -0.2) is 16.1 Å². The minimum atomic E-state index is -0.846. The second kappa shape index (κ2) is 3.11. The summed E-state index contributed by atoms with van der Waals surface area (Å²) in [5.41, 5.74) is 4.80. The molecule has 1 aromatic heterocycles. The van der Waals surface area contributed by atoms with Gasteiger partial charge in [-0.15, -0.1) is 0 Å². The van der Waals surface area contributed by atoms with Gasteiger partial charge in [-0.2, -0.15) is 0 Å². The SMILES string of the molecule is Cc1[nH]c2cc3c(cc2c1C(=O)O)CCC3. The molecule has 0 bridgehead atoms. The summed E-state index contributed by atoms with van der Waals surface area (Å²) < 4.78 is 0. The van der Waals surface area contributed by atoms with Gasteiger partial charge in [-0.05, 0) is 49.4 Å². The maximum absolute atomic E-state index is 11.2. The summed E-state index contributed by atoms with van der Waals surface area (Å²) in [5, 5.41) is 10.0. The van der Waals surface area contributed by atoms with E-state index in [0.717, 1.165) is 29.4 Å². The summed E-state index contributed by atoms with van der Waals surface area (Å²) in [6, 6.07) is 4.15. The third-order valence-corrected chi connectivity index (χ3v) is 3.41. The third-order valence-electron chi connectivity index (χ3n) is 3.41. The Morgan fingerprint density at radius 3 is 2.69 bits per heavy atom. The van der Waals surface area contributed by atoms with Crippen LogP contribution >= 0.6 is 0 Å². The maximum Gasteiger partial charge on any atom is 0.338 e. The summed E-state index contributed by atoms with van der Waals surface area (Å²) in [4.78, 5) is 14.3. The molecule has 2 N–H and O–H groups in total. The summed E-state index contributed by atoms with van der Waals surface area (Å²) in [6.45, 7) is 1.81. The Morgan fingerprint density at radius 1 is 1.31 bits per heavy atom. The highest BCUT2D eigenvalue weighted by Crippen LogP contribution is 2.30. The van der Waals surface area contributed by atoms with E-state index in [0.29, 0.717) is 5.56 Å². The number of hydrogen-bond donors (Lipinski definition) is 2. The van der Waals surface area contributed by atoms with E-state index in [-0.39, 0.29) is 0 Å². The molecule has 0 fully saturated rings. The first-order chi connectivity index (χ1) is 7.66. The summed E-state index contributed by atoms with van der Waals surface area (Å²) in [5.74, 6) is -0.846. The molecule has 0 saturated heterocycles. The number of carboxylic acids is 1. The van der Waals surface area contributed by atoms with Crippen molar-refractivity contribution in [3.63, 3.8) is 0 Å². The predicted octanol–water partition coefficient (Wildman–Crippen LogP) is 2.66. The topological polar surface area (TPSA) is 53.1 Å². The second-order valence-electron chi connectivity index (χ2n) is 4.45. The number of aromatic carboxylic acids is 1. The third kappa shape index (κ3) is 1.18. The normalized spacial score (nSPS) is 14.3. The van der Waals surface area contributed by atoms with E-state index in [2.05, 4.69) is 11.1 Å². The monoisotopic (exact) mass is 215 g/mol. The van der Waals surface area contributed by atoms with E-state index in [9.17, 15) is 9.90 Å². The molecule has 0 aliphatic heterocycles. The molecule has 0 amide bonds. The Bertz CT molecular complexity index is 595. The molecule has 3 heteroatoms. The summed E-state index contributed by atoms with van der Waals surface area (Å²) in [6.07, 6.45) is 3.38. The Labute approximate surface area is 93.1 Å². The lowest BCUT2D eigenvalue weighted by molar-refractivity contribution is 0.0698. The first-order valence-electron chi connectivity index (χ1n) is 5.54. The second-order valence-corrected chi connectivity index (χ2v) is 4.45. The van der Waals surface area contributed by atoms with Gasteiger partial charge in [0.05, 0.1) is 5.56 Å². The van der Waals surface area contributed by atoms with Crippen molar-refractivity contribution in [1.82, 2.24) is 4.98 Å². The molecule has 16 heavy (non-hydrogen) atoms. The van der Waals surface area contributed by atoms with E-state index in [4.69, 9.17) is 0 Å². The molecule has 0 saturated carbocycles. The fourth-order valence-corrected chi connectivity index (χ4v) is 2.68. The van der Waals surface area contributed by atoms with Crippen LogP contribution in [-0.2, 0) is 12.8 Å². The number of rotatable bonds is 1. The molecule has 1 aliphatic carbocycles. The molecule has 0 radical (unpaired) electrons. The van der Waals surface area contributed by atoms with Gasteiger partial charge in [0.25, 0.3) is 0 Å². The van der Waals surface area contributed by atoms with Crippen LogP contribution in [0.15, 0.2) is 12.1 Å². The molecule has 82 valence electrons. The van der Waals surface area contributed by atoms with Gasteiger partial charge in [-0.1, -0.05) is 0 Å². The summed E-state index contributed by atoms with van der Waals surface area (Å²) in [7, 11) is 0. The van der Waals surface area contributed by atoms with Gasteiger partial charge in [-0.25, -0.2) is 4.79 Å². The van der Waals surface area contributed by atoms with Crippen molar-refractivity contribution in [1.29, 1.82) is 0 Å². The van der Waals surface area contributed by atoms with Crippen LogP contribution < -0.4 is 0 Å². The zero-order valence-electron chi connectivity index (χ0n) is 9.13. The average Bonchev–Trinajstić information content (AvgIpc) is 2.75. The Hall–Kier alpha value is -1.77. The van der Waals surface area contributed by atoms with Crippen LogP contribution in [0.4, 0.5) is 0 Å². The number of carbonyl (C=O) groups is 1. The number of H-pyrrole nitrogens is 1. The molecule has 1 heterocycles. The highest BCUT2D eigenvalue weighted by Gasteiger charge is 2.18. The predicted molar refractivity (Wildman–Crippen MR) is 62.0 cm³/mol. The molecule has 3 nitrogen and oxygen atoms in total. The smallest absolute Gasteiger partial charge is 0.338 e. The number of carboxylic acid groups (broad SMARTS) is 1. The average molecular weight is 215 g/mol. The quantitative estimate of drug-likeness (QED) is 0.768. The first-order valence-corrected chi connectivity index (χ1v) is 5.54. The number of aromatic nitrogens is 1. The highest BCUT2D eigenvalue weighted by molar-refractivity contribution is 6.05. The van der Waals surface area contributed by atoms with Crippen LogP contribution in [0, 0.1) is 6.92 Å². The van der Waals surface area contributed by atoms with E-state index in [1.54, 1.807) is 0 Å². The van der Waals surface area contributed by atoms with Crippen molar-refractivity contribution in [3.8, 4) is 0 Å². The van der Waals surface area contributed by atoms with Crippen LogP contribution in [0.1, 0.15) is 33.6 Å². The molecule has 0 unspecified atom stereocenters. The van der Waals surface area contributed by atoms with Crippen molar-refractivity contribution < 1.29 is 9.90 Å². The zero-order chi connectivity index (χ0) is 11.3. The van der Waals surface area contributed by atoms with Crippen LogP contribution in [0.5, 0.6) is 0 Å². The van der Waals surface area contributed by atoms with Crippen LogP contribution in [0.2, 0.25) is 0 Å². The number of fused-ring (bicyclic) bond motifs is 2. The summed E-state index contributed by atoms with van der Waals surface area (Å²) >= 11 is 0. The number of benzene rings is 1. The van der Waals surface area contributed by atoms with Gasteiger partial charge in [0.15, 0.2) is 0 Å². The molecule has 1 aromatic carbocycles. The standard InChI is InChI=1S/C13H13NO2/c1-7-12(13(15)16)10-5-8-3-2-4-9(8)6-11(10)14-7/h5-6,14H,2-4H2,1H3,(H,15,16). The van der Waals surface area contributed by atoms with Crippen molar-refractivity contribution >= 4 is 16.9 Å². The fourth-order valence-electron chi connectivity index (χ4n) is 2.68. The fraction of sp³-hybridized carbons (Fsp3) is 0.308. The molecular weight excluding hydrogens is 202 g/mol. The van der Waals surface area contributed by atoms with E-state index in [1.807, 2.05) is 13.0 Å². The Balaban J connectivity index is 2.36. The lowest BCUT2D eigenvalue weighted by atomic mass is 10.0. The molecule has 0 atom stereocenters. The largest absolute Gasteiger partial charge is 0.478 e. The minimum absolute atomic E-state index is 0.421.